The number of amides is 1. The average Bonchev–Trinajstić information content (AvgIpc) is 2.56. The Balaban J connectivity index is 2.32. The number of aromatic carboxylic acids is 1. The van der Waals surface area contributed by atoms with Crippen LogP contribution in [-0.4, -0.2) is 22.0 Å². The van der Waals surface area contributed by atoms with Gasteiger partial charge in [-0.05, 0) is 37.3 Å². The van der Waals surface area contributed by atoms with Crippen LogP contribution in [-0.2, 0) is 4.79 Å². The Morgan fingerprint density at radius 3 is 2.52 bits per heavy atom. The molecule has 4 N–H and O–H groups in total. The molecule has 2 aromatic rings. The summed E-state index contributed by atoms with van der Waals surface area (Å²) in [6, 6.07) is 8.04. The van der Waals surface area contributed by atoms with Crippen molar-refractivity contribution >= 4 is 23.3 Å². The molecule has 1 heterocycles. The molecule has 25 heavy (non-hydrogen) atoms. The highest BCUT2D eigenvalue weighted by atomic mass is 19.1. The van der Waals surface area contributed by atoms with E-state index in [0.29, 0.717) is 0 Å². The predicted molar refractivity (Wildman–Crippen MR) is 87.7 cm³/mol. The summed E-state index contributed by atoms with van der Waals surface area (Å²) in [6.07, 6.45) is 1.08. The molecule has 1 amide bonds. The first-order chi connectivity index (χ1) is 11.8. The molecule has 0 unspecified atom stereocenters. The van der Waals surface area contributed by atoms with Crippen molar-refractivity contribution in [3.63, 3.8) is 0 Å². The number of nitrogens with zero attached hydrogens (tertiary/aromatic N) is 2. The fourth-order valence-corrected chi connectivity index (χ4v) is 2.07. The van der Waals surface area contributed by atoms with Crippen molar-refractivity contribution < 1.29 is 19.1 Å². The van der Waals surface area contributed by atoms with Crippen LogP contribution in [0.2, 0.25) is 0 Å². The maximum Gasteiger partial charge on any atom is 0.337 e. The van der Waals surface area contributed by atoms with Crippen molar-refractivity contribution in [3.05, 3.63) is 64.7 Å². The summed E-state index contributed by atoms with van der Waals surface area (Å²) in [5.74, 6) is -2.53. The van der Waals surface area contributed by atoms with Gasteiger partial charge in [-0.1, -0.05) is 0 Å². The molecule has 0 saturated heterocycles. The highest BCUT2D eigenvalue weighted by Crippen LogP contribution is 2.23. The van der Waals surface area contributed by atoms with E-state index in [1.807, 2.05) is 0 Å². The first-order valence-corrected chi connectivity index (χ1v) is 7.00. The van der Waals surface area contributed by atoms with E-state index in [-0.39, 0.29) is 33.8 Å². The SMILES string of the molecule is CC(N)=C(C(=O)Nc1ccc(C(=O)O)cn1)c1ccc(C#N)cc1F. The molecule has 0 radical (unpaired) electrons. The standard InChI is InChI=1S/C17H13FN4O3/c1-9(20)15(12-4-2-10(7-19)6-13(12)18)16(23)22-14-5-3-11(8-21-14)17(24)25/h2-6,8H,20H2,1H3,(H,24,25)(H,21,22,23). The number of carboxylic acids is 1. The van der Waals surface area contributed by atoms with Gasteiger partial charge in [0, 0.05) is 17.5 Å². The van der Waals surface area contributed by atoms with Crippen molar-refractivity contribution in [3.8, 4) is 6.07 Å². The molecule has 0 bridgehead atoms. The molecule has 0 atom stereocenters. The van der Waals surface area contributed by atoms with Crippen LogP contribution in [0.3, 0.4) is 0 Å². The number of aromatic nitrogens is 1. The molecule has 0 aliphatic carbocycles. The lowest BCUT2D eigenvalue weighted by atomic mass is 10.0. The second kappa shape index (κ2) is 7.23. The number of carbonyl (C=O) groups is 2. The van der Waals surface area contributed by atoms with Crippen LogP contribution in [0.1, 0.15) is 28.4 Å². The lowest BCUT2D eigenvalue weighted by Gasteiger charge is -2.12. The minimum atomic E-state index is -1.15. The maximum atomic E-state index is 14.2. The topological polar surface area (TPSA) is 129 Å². The number of halogens is 1. The molecule has 0 aliphatic rings. The van der Waals surface area contributed by atoms with Gasteiger partial charge in [0.2, 0.25) is 0 Å². The molecular weight excluding hydrogens is 327 g/mol. The molecular formula is C17H13FN4O3. The molecule has 126 valence electrons. The summed E-state index contributed by atoms with van der Waals surface area (Å²) in [5.41, 5.74) is 5.70. The van der Waals surface area contributed by atoms with Crippen LogP contribution in [0, 0.1) is 17.1 Å². The quantitative estimate of drug-likeness (QED) is 0.731. The molecule has 8 heteroatoms. The number of anilines is 1. The number of rotatable bonds is 4. The van der Waals surface area contributed by atoms with E-state index >= 15 is 0 Å². The molecule has 1 aromatic carbocycles. The van der Waals surface area contributed by atoms with E-state index in [4.69, 9.17) is 16.1 Å². The van der Waals surface area contributed by atoms with Crippen molar-refractivity contribution in [2.75, 3.05) is 5.32 Å². The van der Waals surface area contributed by atoms with Crippen LogP contribution < -0.4 is 11.1 Å². The highest BCUT2D eigenvalue weighted by molar-refractivity contribution is 6.25. The third kappa shape index (κ3) is 3.97. The van der Waals surface area contributed by atoms with Gasteiger partial charge in [0.15, 0.2) is 0 Å². The molecule has 2 rings (SSSR count). The molecule has 0 saturated carbocycles. The molecule has 0 spiro atoms. The Bertz CT molecular complexity index is 910. The molecule has 0 aliphatic heterocycles. The van der Waals surface area contributed by atoms with Gasteiger partial charge in [-0.15, -0.1) is 0 Å². The van der Waals surface area contributed by atoms with Gasteiger partial charge in [0.05, 0.1) is 22.8 Å². The largest absolute Gasteiger partial charge is 0.478 e. The lowest BCUT2D eigenvalue weighted by Crippen LogP contribution is -2.18. The van der Waals surface area contributed by atoms with E-state index in [1.165, 1.54) is 31.2 Å². The summed E-state index contributed by atoms with van der Waals surface area (Å²) in [6.45, 7) is 1.44. The van der Waals surface area contributed by atoms with E-state index in [2.05, 4.69) is 10.3 Å². The van der Waals surface area contributed by atoms with Gasteiger partial charge < -0.3 is 16.2 Å². The van der Waals surface area contributed by atoms with E-state index in [0.717, 1.165) is 12.3 Å². The van der Waals surface area contributed by atoms with Gasteiger partial charge in [0.1, 0.15) is 11.6 Å². The van der Waals surface area contributed by atoms with Crippen LogP contribution in [0.25, 0.3) is 5.57 Å². The number of pyridine rings is 1. The fraction of sp³-hybridized carbons (Fsp3) is 0.0588. The predicted octanol–water partition coefficient (Wildman–Crippen LogP) is 2.12. The average molecular weight is 340 g/mol. The lowest BCUT2D eigenvalue weighted by molar-refractivity contribution is -0.111. The Labute approximate surface area is 142 Å². The van der Waals surface area contributed by atoms with Crippen molar-refractivity contribution in [1.82, 2.24) is 4.98 Å². The molecule has 7 nitrogen and oxygen atoms in total. The van der Waals surface area contributed by atoms with Crippen LogP contribution in [0.4, 0.5) is 10.2 Å². The van der Waals surface area contributed by atoms with Gasteiger partial charge in [0.25, 0.3) is 5.91 Å². The summed E-state index contributed by atoms with van der Waals surface area (Å²) in [7, 11) is 0. The summed E-state index contributed by atoms with van der Waals surface area (Å²) >= 11 is 0. The number of benzene rings is 1. The summed E-state index contributed by atoms with van der Waals surface area (Å²) in [4.78, 5) is 27.0. The number of carbonyl (C=O) groups excluding carboxylic acids is 1. The third-order valence-electron chi connectivity index (χ3n) is 3.24. The van der Waals surface area contributed by atoms with E-state index < -0.39 is 17.7 Å². The first-order valence-electron chi connectivity index (χ1n) is 7.00. The summed E-state index contributed by atoms with van der Waals surface area (Å²) < 4.78 is 14.2. The maximum absolute atomic E-state index is 14.2. The monoisotopic (exact) mass is 340 g/mol. The minimum absolute atomic E-state index is 0.0399. The number of nitriles is 1. The highest BCUT2D eigenvalue weighted by Gasteiger charge is 2.19. The number of carboxylic acid groups (broad SMARTS) is 1. The van der Waals surface area contributed by atoms with E-state index in [9.17, 15) is 14.0 Å². The number of hydrogen-bond acceptors (Lipinski definition) is 5. The van der Waals surface area contributed by atoms with Crippen molar-refractivity contribution in [2.24, 2.45) is 5.73 Å². The van der Waals surface area contributed by atoms with Crippen LogP contribution >= 0.6 is 0 Å². The third-order valence-corrected chi connectivity index (χ3v) is 3.24. The van der Waals surface area contributed by atoms with Crippen molar-refractivity contribution in [2.45, 2.75) is 6.92 Å². The zero-order valence-corrected chi connectivity index (χ0v) is 13.1. The van der Waals surface area contributed by atoms with Gasteiger partial charge in [-0.3, -0.25) is 4.79 Å². The number of allylic oxidation sites excluding steroid dienone is 1. The molecule has 0 fully saturated rings. The van der Waals surface area contributed by atoms with Gasteiger partial charge >= 0.3 is 5.97 Å². The Kier molecular flexibility index (Phi) is 5.09. The normalized spacial score (nSPS) is 11.2. The number of nitrogens with two attached hydrogens (primary N) is 1. The first kappa shape index (κ1) is 17.6. The summed E-state index contributed by atoms with van der Waals surface area (Å²) in [5, 5.41) is 20.0. The van der Waals surface area contributed by atoms with Crippen LogP contribution in [0.15, 0.2) is 42.2 Å². The fourth-order valence-electron chi connectivity index (χ4n) is 2.07. The molecule has 1 aromatic heterocycles. The van der Waals surface area contributed by atoms with Crippen molar-refractivity contribution in [1.29, 1.82) is 5.26 Å². The van der Waals surface area contributed by atoms with Crippen LogP contribution in [0.5, 0.6) is 0 Å². The number of nitrogens with one attached hydrogen (secondary N) is 1. The minimum Gasteiger partial charge on any atom is -0.478 e. The number of hydrogen-bond donors (Lipinski definition) is 3. The zero-order chi connectivity index (χ0) is 18.6. The van der Waals surface area contributed by atoms with E-state index in [1.54, 1.807) is 6.07 Å². The Hall–Kier alpha value is -3.73. The second-order valence-corrected chi connectivity index (χ2v) is 5.06. The second-order valence-electron chi connectivity index (χ2n) is 5.06. The van der Waals surface area contributed by atoms with Gasteiger partial charge in [-0.2, -0.15) is 5.26 Å². The Morgan fingerprint density at radius 1 is 1.32 bits per heavy atom. The van der Waals surface area contributed by atoms with Gasteiger partial charge in [-0.25, -0.2) is 14.2 Å². The zero-order valence-electron chi connectivity index (χ0n) is 13.1. The Morgan fingerprint density at radius 2 is 2.04 bits per heavy atom. The smallest absolute Gasteiger partial charge is 0.337 e.